The van der Waals surface area contributed by atoms with E-state index in [1.54, 1.807) is 37.5 Å². The van der Waals surface area contributed by atoms with Crippen LogP contribution in [-0.2, 0) is 0 Å². The molecule has 0 atom stereocenters. The summed E-state index contributed by atoms with van der Waals surface area (Å²) in [7, 11) is 5.47. The van der Waals surface area contributed by atoms with Gasteiger partial charge in [0.25, 0.3) is 0 Å². The molecule has 6 N–H and O–H groups in total. The topological polar surface area (TPSA) is 109 Å². The lowest BCUT2D eigenvalue weighted by atomic mass is 9.82. The van der Waals surface area contributed by atoms with E-state index in [1.807, 2.05) is 55.1 Å². The normalized spacial score (nSPS) is 12.5. The van der Waals surface area contributed by atoms with Crippen LogP contribution in [-0.4, -0.2) is 56.3 Å². The third-order valence-corrected chi connectivity index (χ3v) is 6.42. The zero-order chi connectivity index (χ0) is 27.1. The van der Waals surface area contributed by atoms with Crippen molar-refractivity contribution in [3.05, 3.63) is 95.7 Å². The molecule has 3 aromatic rings. The van der Waals surface area contributed by atoms with Gasteiger partial charge in [-0.15, -0.1) is 0 Å². The van der Waals surface area contributed by atoms with E-state index in [0.717, 1.165) is 30.3 Å². The number of nitrogens with zero attached hydrogens (tertiary/aromatic N) is 1. The minimum absolute atomic E-state index is 0.133. The molecule has 196 valence electrons. The highest BCUT2D eigenvalue weighted by molar-refractivity contribution is 6.31. The minimum atomic E-state index is -0.134. The maximum absolute atomic E-state index is 13.3. The maximum atomic E-state index is 13.3. The fraction of sp³-hybridized carbons (Fsp3) is 0.207. The van der Waals surface area contributed by atoms with Crippen LogP contribution >= 0.6 is 0 Å². The first-order chi connectivity index (χ1) is 18.5. The standard InChI is InChI=1S/C29H33N7O2/c1-5-36(4)29(31-3)35-34-20-13-11-19(12-14-20)32-17-8-18-33-24-16-15-23(30-2)25-26(24)28(38)22-10-7-6-9-21(22)27(25)37/h5-7,9-16H,1,8,17-18H2,2-4H3,(H5,30,31,32,33,34,35,37,38)/p+1. The molecule has 4 rings (SSSR count). The smallest absolute Gasteiger partial charge is 0.371 e. The van der Waals surface area contributed by atoms with Gasteiger partial charge in [0, 0.05) is 48.3 Å². The van der Waals surface area contributed by atoms with Gasteiger partial charge in [-0.25, -0.2) is 4.58 Å². The Hall–Kier alpha value is -4.79. The molecule has 0 amide bonds. The molecule has 1 aliphatic rings. The number of guanidine groups is 1. The minimum Gasteiger partial charge on any atom is -0.388 e. The predicted molar refractivity (Wildman–Crippen MR) is 155 cm³/mol. The molecular weight excluding hydrogens is 478 g/mol. The third kappa shape index (κ3) is 5.46. The summed E-state index contributed by atoms with van der Waals surface area (Å²) < 4.78 is 1.83. The molecule has 9 nitrogen and oxygen atoms in total. The second kappa shape index (κ2) is 12.0. The highest BCUT2D eigenvalue weighted by atomic mass is 16.1. The van der Waals surface area contributed by atoms with Gasteiger partial charge in [-0.05, 0) is 42.8 Å². The molecule has 0 aliphatic heterocycles. The third-order valence-electron chi connectivity index (χ3n) is 6.42. The second-order valence-corrected chi connectivity index (χ2v) is 8.79. The van der Waals surface area contributed by atoms with Gasteiger partial charge in [0.15, 0.2) is 11.6 Å². The quantitative estimate of drug-likeness (QED) is 0.0628. The van der Waals surface area contributed by atoms with Crippen molar-refractivity contribution in [1.29, 1.82) is 0 Å². The van der Waals surface area contributed by atoms with Crippen molar-refractivity contribution in [3.63, 3.8) is 0 Å². The second-order valence-electron chi connectivity index (χ2n) is 8.79. The largest absolute Gasteiger partial charge is 0.388 e. The number of nitrogens with one attached hydrogen (secondary N) is 6. The molecule has 9 heteroatoms. The number of carbonyl (C=O) groups is 2. The Labute approximate surface area is 223 Å². The van der Waals surface area contributed by atoms with E-state index in [4.69, 9.17) is 0 Å². The van der Waals surface area contributed by atoms with Crippen molar-refractivity contribution >= 4 is 40.3 Å². The van der Waals surface area contributed by atoms with Crippen LogP contribution in [0.5, 0.6) is 0 Å². The Balaban J connectivity index is 1.33. The Morgan fingerprint density at radius 1 is 0.816 bits per heavy atom. The monoisotopic (exact) mass is 512 g/mol. The Morgan fingerprint density at radius 3 is 2.00 bits per heavy atom. The van der Waals surface area contributed by atoms with E-state index in [0.29, 0.717) is 40.2 Å². The lowest BCUT2D eigenvalue weighted by molar-refractivity contribution is -0.426. The van der Waals surface area contributed by atoms with Crippen molar-refractivity contribution < 1.29 is 14.2 Å². The molecule has 1 aliphatic carbocycles. The summed E-state index contributed by atoms with van der Waals surface area (Å²) in [6, 6.07) is 18.7. The summed E-state index contributed by atoms with van der Waals surface area (Å²) in [6.07, 6.45) is 2.52. The van der Waals surface area contributed by atoms with Crippen LogP contribution < -0.4 is 32.1 Å². The number of hydrogen-bond acceptors (Lipinski definition) is 6. The maximum Gasteiger partial charge on any atom is 0.371 e. The van der Waals surface area contributed by atoms with Crippen molar-refractivity contribution in [3.8, 4) is 0 Å². The van der Waals surface area contributed by atoms with Crippen LogP contribution in [0.2, 0.25) is 0 Å². The molecule has 0 aromatic heterocycles. The van der Waals surface area contributed by atoms with Crippen molar-refractivity contribution in [2.45, 2.75) is 6.42 Å². The summed E-state index contributed by atoms with van der Waals surface area (Å²) >= 11 is 0. The van der Waals surface area contributed by atoms with Gasteiger partial charge in [-0.3, -0.25) is 20.3 Å². The Morgan fingerprint density at radius 2 is 1.39 bits per heavy atom. The van der Waals surface area contributed by atoms with E-state index >= 15 is 0 Å². The highest BCUT2D eigenvalue weighted by Crippen LogP contribution is 2.36. The first-order valence-electron chi connectivity index (χ1n) is 12.5. The van der Waals surface area contributed by atoms with Gasteiger partial charge >= 0.3 is 5.96 Å². The number of hydrogen-bond donors (Lipinski definition) is 6. The summed E-state index contributed by atoms with van der Waals surface area (Å²) in [6.45, 7) is 5.13. The van der Waals surface area contributed by atoms with Gasteiger partial charge in [0.2, 0.25) is 0 Å². The van der Waals surface area contributed by atoms with Crippen LogP contribution in [0.15, 0.2) is 73.4 Å². The molecule has 0 fully saturated rings. The molecule has 0 radical (unpaired) electrons. The molecule has 0 heterocycles. The SMILES string of the molecule is C=C[N+](C)=C(NC)NNc1ccc(NCCCNc2ccc(NC)c3c2C(=O)c2ccccc2C3=O)cc1. The number of hydrazine groups is 1. The van der Waals surface area contributed by atoms with Gasteiger partial charge in [-0.1, -0.05) is 30.8 Å². The molecule has 0 saturated carbocycles. The van der Waals surface area contributed by atoms with Gasteiger partial charge < -0.3 is 16.0 Å². The van der Waals surface area contributed by atoms with Crippen LogP contribution in [0, 0.1) is 0 Å². The van der Waals surface area contributed by atoms with Crippen LogP contribution in [0.3, 0.4) is 0 Å². The van der Waals surface area contributed by atoms with Crippen molar-refractivity contribution in [1.82, 2.24) is 10.7 Å². The lowest BCUT2D eigenvalue weighted by Gasteiger charge is -2.23. The van der Waals surface area contributed by atoms with Gasteiger partial charge in [0.1, 0.15) is 0 Å². The fourth-order valence-corrected chi connectivity index (χ4v) is 4.34. The van der Waals surface area contributed by atoms with E-state index < -0.39 is 0 Å². The molecular formula is C29H34N7O2+. The van der Waals surface area contributed by atoms with Crippen molar-refractivity contribution in [2.75, 3.05) is 55.6 Å². The predicted octanol–water partition coefficient (Wildman–Crippen LogP) is 3.70. The fourth-order valence-electron chi connectivity index (χ4n) is 4.34. The highest BCUT2D eigenvalue weighted by Gasteiger charge is 2.33. The number of carbonyl (C=O) groups excluding carboxylic acids is 2. The first kappa shape index (κ1) is 26.3. The van der Waals surface area contributed by atoms with Gasteiger partial charge in [0.05, 0.1) is 37.1 Å². The van der Waals surface area contributed by atoms with Crippen molar-refractivity contribution in [2.24, 2.45) is 0 Å². The number of benzene rings is 3. The van der Waals surface area contributed by atoms with E-state index in [-0.39, 0.29) is 11.6 Å². The van der Waals surface area contributed by atoms with Crippen LogP contribution in [0.25, 0.3) is 0 Å². The number of rotatable bonds is 10. The summed E-state index contributed by atoms with van der Waals surface area (Å²) in [5, 5.41) is 12.9. The van der Waals surface area contributed by atoms with Crippen LogP contribution in [0.4, 0.5) is 22.7 Å². The Kier molecular flexibility index (Phi) is 8.27. The summed E-state index contributed by atoms with van der Waals surface area (Å²) in [5.41, 5.74) is 11.3. The lowest BCUT2D eigenvalue weighted by Crippen LogP contribution is -2.43. The van der Waals surface area contributed by atoms with E-state index in [9.17, 15) is 9.59 Å². The summed E-state index contributed by atoms with van der Waals surface area (Å²) in [5.74, 6) is 0.504. The average molecular weight is 513 g/mol. The molecule has 0 unspecified atom stereocenters. The van der Waals surface area contributed by atoms with E-state index in [1.165, 1.54) is 0 Å². The number of anilines is 4. The molecule has 0 bridgehead atoms. The van der Waals surface area contributed by atoms with Crippen LogP contribution in [0.1, 0.15) is 38.3 Å². The summed E-state index contributed by atoms with van der Waals surface area (Å²) in [4.78, 5) is 26.6. The molecule has 0 spiro atoms. The molecule has 0 saturated heterocycles. The van der Waals surface area contributed by atoms with Gasteiger partial charge in [-0.2, -0.15) is 5.43 Å². The Bertz CT molecular complexity index is 1380. The molecule has 38 heavy (non-hydrogen) atoms. The number of fused-ring (bicyclic) bond motifs is 2. The first-order valence-corrected chi connectivity index (χ1v) is 12.5. The molecule has 3 aromatic carbocycles. The zero-order valence-corrected chi connectivity index (χ0v) is 21.9. The zero-order valence-electron chi connectivity index (χ0n) is 21.9. The average Bonchev–Trinajstić information content (AvgIpc) is 2.96. The van der Waals surface area contributed by atoms with E-state index in [2.05, 4.69) is 38.7 Å². The number of ketones is 2.